The second-order valence-electron chi connectivity index (χ2n) is 22.3. The van der Waals surface area contributed by atoms with Crippen LogP contribution in [0.15, 0.2) is 84.9 Å². The van der Waals surface area contributed by atoms with Gasteiger partial charge in [-0.2, -0.15) is 0 Å². The Morgan fingerprint density at radius 1 is 0.440 bits per heavy atom. The van der Waals surface area contributed by atoms with Crippen molar-refractivity contribution in [3.63, 3.8) is 0 Å². The SMILES string of the molecule is CC(CCCCCCCCOc1ccc(C(=O)Oc2ccc3cc(OC(=O)c4ccc(OCCCCCCCCC(C)(C)OC(=O)CCCCCC(C)(C)O)cc4)ccc3c2)cc1)OC(=O)CCCCCC(C)(C)O. The zero-order valence-electron chi connectivity index (χ0n) is 46.5. The first kappa shape index (κ1) is 62.1. The van der Waals surface area contributed by atoms with Crippen LogP contribution in [0.1, 0.15) is 223 Å². The molecule has 0 radical (unpaired) electrons. The molecule has 0 aromatic heterocycles. The van der Waals surface area contributed by atoms with E-state index in [0.717, 1.165) is 152 Å². The largest absolute Gasteiger partial charge is 0.494 e. The van der Waals surface area contributed by atoms with Crippen molar-refractivity contribution in [2.45, 2.75) is 225 Å². The predicted octanol–water partition coefficient (Wildman–Crippen LogP) is 15.2. The van der Waals surface area contributed by atoms with E-state index in [0.29, 0.717) is 60.2 Å². The van der Waals surface area contributed by atoms with Gasteiger partial charge in [-0.3, -0.25) is 9.59 Å². The Kier molecular flexibility index (Phi) is 27.2. The summed E-state index contributed by atoms with van der Waals surface area (Å²) >= 11 is 0. The molecule has 4 rings (SSSR count). The Morgan fingerprint density at radius 3 is 1.27 bits per heavy atom. The third-order valence-corrected chi connectivity index (χ3v) is 13.2. The van der Waals surface area contributed by atoms with E-state index >= 15 is 0 Å². The molecule has 0 bridgehead atoms. The van der Waals surface area contributed by atoms with Gasteiger partial charge in [0.1, 0.15) is 28.6 Å². The van der Waals surface area contributed by atoms with E-state index in [1.54, 1.807) is 72.8 Å². The fraction of sp³-hybridized carbons (Fsp3) is 0.587. The van der Waals surface area contributed by atoms with Gasteiger partial charge >= 0.3 is 23.9 Å². The lowest BCUT2D eigenvalue weighted by Gasteiger charge is -2.25. The molecule has 0 aliphatic rings. The molecule has 0 heterocycles. The van der Waals surface area contributed by atoms with Crippen molar-refractivity contribution in [3.8, 4) is 23.0 Å². The van der Waals surface area contributed by atoms with Crippen LogP contribution in [0.4, 0.5) is 0 Å². The van der Waals surface area contributed by atoms with Gasteiger partial charge in [0.25, 0.3) is 0 Å². The molecular weight excluding hydrogens is 949 g/mol. The summed E-state index contributed by atoms with van der Waals surface area (Å²) in [5.41, 5.74) is -0.950. The van der Waals surface area contributed by atoms with E-state index < -0.39 is 28.7 Å². The highest BCUT2D eigenvalue weighted by Gasteiger charge is 2.22. The summed E-state index contributed by atoms with van der Waals surface area (Å²) in [5, 5.41) is 21.3. The van der Waals surface area contributed by atoms with E-state index in [1.165, 1.54) is 0 Å². The van der Waals surface area contributed by atoms with Crippen molar-refractivity contribution < 1.29 is 57.8 Å². The van der Waals surface area contributed by atoms with Gasteiger partial charge in [-0.05, 0) is 196 Å². The summed E-state index contributed by atoms with van der Waals surface area (Å²) in [6.07, 6.45) is 21.9. The van der Waals surface area contributed by atoms with E-state index in [1.807, 2.05) is 60.6 Å². The van der Waals surface area contributed by atoms with Gasteiger partial charge in [0.15, 0.2) is 0 Å². The quantitative estimate of drug-likeness (QED) is 0.0248. The topological polar surface area (TPSA) is 164 Å². The van der Waals surface area contributed by atoms with Gasteiger partial charge in [-0.1, -0.05) is 89.2 Å². The number of benzene rings is 4. The smallest absolute Gasteiger partial charge is 0.343 e. The second-order valence-corrected chi connectivity index (χ2v) is 22.3. The average molecular weight is 1040 g/mol. The molecular formula is C63H90O12. The lowest BCUT2D eigenvalue weighted by atomic mass is 9.99. The van der Waals surface area contributed by atoms with Crippen LogP contribution in [0, 0.1) is 0 Å². The zero-order chi connectivity index (χ0) is 54.5. The molecule has 12 nitrogen and oxygen atoms in total. The summed E-state index contributed by atoms with van der Waals surface area (Å²) in [6, 6.07) is 24.5. The molecule has 1 unspecified atom stereocenters. The monoisotopic (exact) mass is 1040 g/mol. The molecule has 0 amide bonds. The number of hydrogen-bond acceptors (Lipinski definition) is 12. The summed E-state index contributed by atoms with van der Waals surface area (Å²) in [7, 11) is 0. The first-order valence-corrected chi connectivity index (χ1v) is 28.0. The van der Waals surface area contributed by atoms with Crippen LogP contribution < -0.4 is 18.9 Å². The van der Waals surface area contributed by atoms with Crippen LogP contribution in [0.3, 0.4) is 0 Å². The number of carbonyl (C=O) groups is 4. The zero-order valence-corrected chi connectivity index (χ0v) is 46.5. The highest BCUT2D eigenvalue weighted by atomic mass is 16.6. The molecule has 2 N–H and O–H groups in total. The Labute approximate surface area is 448 Å². The summed E-state index contributed by atoms with van der Waals surface area (Å²) in [4.78, 5) is 50.5. The molecule has 0 fully saturated rings. The van der Waals surface area contributed by atoms with Crippen molar-refractivity contribution in [2.24, 2.45) is 0 Å². The van der Waals surface area contributed by atoms with Gasteiger partial charge in [0.2, 0.25) is 0 Å². The van der Waals surface area contributed by atoms with Crippen molar-refractivity contribution in [3.05, 3.63) is 96.1 Å². The van der Waals surface area contributed by atoms with Gasteiger partial charge < -0.3 is 38.6 Å². The third-order valence-electron chi connectivity index (χ3n) is 13.2. The summed E-state index contributed by atoms with van der Waals surface area (Å²) in [5.74, 6) is 0.961. The minimum Gasteiger partial charge on any atom is -0.494 e. The van der Waals surface area contributed by atoms with Gasteiger partial charge in [0.05, 0.1) is 41.6 Å². The summed E-state index contributed by atoms with van der Waals surface area (Å²) in [6.45, 7) is 14.4. The Bertz CT molecular complexity index is 2290. The van der Waals surface area contributed by atoms with E-state index in [9.17, 15) is 29.4 Å². The molecule has 414 valence electrons. The lowest BCUT2D eigenvalue weighted by Crippen LogP contribution is -2.28. The standard InChI is InChI=1S/C63H90O12/c1-48(72-57(64)27-19-16-21-41-61(2,3)68)26-18-12-8-10-14-24-44-70-53-35-29-49(30-36-53)59(66)73-55-39-33-52-47-56(40-34-51(52)46-55)74-60(67)50-31-37-54(38-32-50)71-45-25-15-11-9-13-23-43-63(6,7)75-58(65)28-20-17-22-42-62(4,5)69/h29-40,46-48,68-69H,8-28,41-45H2,1-7H3. The van der Waals surface area contributed by atoms with Crippen LogP contribution in [-0.2, 0) is 19.1 Å². The van der Waals surface area contributed by atoms with Crippen molar-refractivity contribution >= 4 is 34.6 Å². The highest BCUT2D eigenvalue weighted by molar-refractivity contribution is 5.94. The first-order chi connectivity index (χ1) is 35.7. The van der Waals surface area contributed by atoms with Gasteiger partial charge in [-0.25, -0.2) is 9.59 Å². The molecule has 0 spiro atoms. The minimum atomic E-state index is -0.655. The van der Waals surface area contributed by atoms with Crippen LogP contribution >= 0.6 is 0 Å². The normalized spacial score (nSPS) is 12.3. The Hall–Kier alpha value is -5.46. The molecule has 1 atom stereocenters. The van der Waals surface area contributed by atoms with Gasteiger partial charge in [-0.15, -0.1) is 0 Å². The van der Waals surface area contributed by atoms with E-state index in [-0.39, 0.29) is 18.0 Å². The molecule has 0 aliphatic heterocycles. The number of rotatable bonds is 38. The maximum Gasteiger partial charge on any atom is 0.343 e. The number of carbonyl (C=O) groups excluding carboxylic acids is 4. The fourth-order valence-electron chi connectivity index (χ4n) is 8.78. The van der Waals surface area contributed by atoms with E-state index in [4.69, 9.17) is 28.4 Å². The van der Waals surface area contributed by atoms with Crippen molar-refractivity contribution in [2.75, 3.05) is 13.2 Å². The number of esters is 4. The number of hydrogen-bond donors (Lipinski definition) is 2. The molecule has 4 aromatic carbocycles. The third kappa shape index (κ3) is 27.8. The summed E-state index contributed by atoms with van der Waals surface area (Å²) < 4.78 is 34.6. The average Bonchev–Trinajstić information content (AvgIpc) is 3.34. The Balaban J connectivity index is 1.03. The maximum absolute atomic E-state index is 13.0. The molecule has 0 saturated heterocycles. The number of ether oxygens (including phenoxy) is 6. The molecule has 0 aliphatic carbocycles. The molecule has 4 aromatic rings. The van der Waals surface area contributed by atoms with Crippen LogP contribution in [-0.4, -0.2) is 70.2 Å². The molecule has 0 saturated carbocycles. The lowest BCUT2D eigenvalue weighted by molar-refractivity contribution is -0.157. The highest BCUT2D eigenvalue weighted by Crippen LogP contribution is 2.28. The maximum atomic E-state index is 13.0. The van der Waals surface area contributed by atoms with E-state index in [2.05, 4.69) is 0 Å². The molecule has 75 heavy (non-hydrogen) atoms. The molecule has 12 heteroatoms. The van der Waals surface area contributed by atoms with Crippen molar-refractivity contribution in [1.82, 2.24) is 0 Å². The number of unbranched alkanes of at least 4 members (excludes halogenated alkanes) is 14. The van der Waals surface area contributed by atoms with Crippen molar-refractivity contribution in [1.29, 1.82) is 0 Å². The van der Waals surface area contributed by atoms with Gasteiger partial charge in [0, 0.05) is 12.8 Å². The Morgan fingerprint density at radius 2 is 0.813 bits per heavy atom. The van der Waals surface area contributed by atoms with Crippen LogP contribution in [0.5, 0.6) is 23.0 Å². The minimum absolute atomic E-state index is 0.0637. The number of fused-ring (bicyclic) bond motifs is 1. The number of aliphatic hydroxyl groups is 2. The fourth-order valence-corrected chi connectivity index (χ4v) is 8.78. The van der Waals surface area contributed by atoms with Crippen LogP contribution in [0.2, 0.25) is 0 Å². The van der Waals surface area contributed by atoms with Crippen LogP contribution in [0.25, 0.3) is 10.8 Å². The predicted molar refractivity (Wildman–Crippen MR) is 297 cm³/mol. The second kappa shape index (κ2) is 32.9. The first-order valence-electron chi connectivity index (χ1n) is 28.0.